The average Bonchev–Trinajstić information content (AvgIpc) is 2.81. The summed E-state index contributed by atoms with van der Waals surface area (Å²) in [5.74, 6) is -1.31. The van der Waals surface area contributed by atoms with Crippen molar-refractivity contribution in [2.45, 2.75) is 30.3 Å². The van der Waals surface area contributed by atoms with Crippen LogP contribution in [0.2, 0.25) is 0 Å². The van der Waals surface area contributed by atoms with E-state index in [9.17, 15) is 18.7 Å². The SMILES string of the molecule is O=C(CSc1ccc(F)cc1F)NCC1CCCC1O. The molecule has 1 aliphatic rings. The van der Waals surface area contributed by atoms with Gasteiger partial charge in [0.2, 0.25) is 5.91 Å². The number of aliphatic hydroxyl groups is 1. The van der Waals surface area contributed by atoms with Crippen molar-refractivity contribution in [1.82, 2.24) is 5.32 Å². The molecule has 0 aromatic heterocycles. The second kappa shape index (κ2) is 7.04. The topological polar surface area (TPSA) is 49.3 Å². The summed E-state index contributed by atoms with van der Waals surface area (Å²) in [4.78, 5) is 11.9. The number of amides is 1. The molecule has 1 aromatic carbocycles. The van der Waals surface area contributed by atoms with Crippen molar-refractivity contribution in [3.05, 3.63) is 29.8 Å². The highest BCUT2D eigenvalue weighted by molar-refractivity contribution is 8.00. The van der Waals surface area contributed by atoms with Gasteiger partial charge in [-0.1, -0.05) is 6.42 Å². The maximum absolute atomic E-state index is 13.4. The predicted octanol–water partition coefficient (Wildman–Crippen LogP) is 2.33. The number of carbonyl (C=O) groups is 1. The van der Waals surface area contributed by atoms with Gasteiger partial charge in [0, 0.05) is 23.4 Å². The molecule has 2 atom stereocenters. The highest BCUT2D eigenvalue weighted by Gasteiger charge is 2.25. The summed E-state index contributed by atoms with van der Waals surface area (Å²) >= 11 is 1.03. The fraction of sp³-hybridized carbons (Fsp3) is 0.500. The Labute approximate surface area is 120 Å². The van der Waals surface area contributed by atoms with Crippen molar-refractivity contribution in [2.75, 3.05) is 12.3 Å². The fourth-order valence-corrected chi connectivity index (χ4v) is 3.04. The molecule has 2 unspecified atom stereocenters. The summed E-state index contributed by atoms with van der Waals surface area (Å²) in [7, 11) is 0. The maximum Gasteiger partial charge on any atom is 0.230 e. The second-order valence-corrected chi connectivity index (χ2v) is 5.94. The van der Waals surface area contributed by atoms with Gasteiger partial charge in [-0.05, 0) is 25.0 Å². The van der Waals surface area contributed by atoms with Crippen LogP contribution in [0, 0.1) is 17.6 Å². The fourth-order valence-electron chi connectivity index (χ4n) is 2.29. The third-order valence-corrected chi connectivity index (χ3v) is 4.48. The van der Waals surface area contributed by atoms with Crippen LogP contribution in [0.4, 0.5) is 8.78 Å². The Morgan fingerprint density at radius 3 is 2.85 bits per heavy atom. The quantitative estimate of drug-likeness (QED) is 0.821. The monoisotopic (exact) mass is 301 g/mol. The van der Waals surface area contributed by atoms with E-state index < -0.39 is 11.6 Å². The van der Waals surface area contributed by atoms with Crippen molar-refractivity contribution < 1.29 is 18.7 Å². The number of aliphatic hydroxyl groups excluding tert-OH is 1. The molecule has 0 saturated heterocycles. The van der Waals surface area contributed by atoms with Crippen LogP contribution in [0.15, 0.2) is 23.1 Å². The van der Waals surface area contributed by atoms with Gasteiger partial charge in [-0.2, -0.15) is 0 Å². The zero-order valence-corrected chi connectivity index (χ0v) is 11.8. The van der Waals surface area contributed by atoms with Crippen molar-refractivity contribution in [3.63, 3.8) is 0 Å². The minimum absolute atomic E-state index is 0.0748. The van der Waals surface area contributed by atoms with Gasteiger partial charge >= 0.3 is 0 Å². The number of halogens is 2. The molecule has 2 rings (SSSR count). The Hall–Kier alpha value is -1.14. The molecule has 0 heterocycles. The Kier molecular flexibility index (Phi) is 5.37. The third kappa shape index (κ3) is 4.18. The van der Waals surface area contributed by atoms with E-state index in [0.717, 1.165) is 43.2 Å². The second-order valence-electron chi connectivity index (χ2n) is 4.93. The van der Waals surface area contributed by atoms with Crippen molar-refractivity contribution >= 4 is 17.7 Å². The lowest BCUT2D eigenvalue weighted by atomic mass is 10.1. The third-order valence-electron chi connectivity index (χ3n) is 3.43. The first-order chi connectivity index (χ1) is 9.56. The van der Waals surface area contributed by atoms with Crippen molar-refractivity contribution in [1.29, 1.82) is 0 Å². The Bertz CT molecular complexity index is 484. The van der Waals surface area contributed by atoms with E-state index in [-0.39, 0.29) is 28.6 Å². The van der Waals surface area contributed by atoms with Gasteiger partial charge in [-0.15, -0.1) is 11.8 Å². The van der Waals surface area contributed by atoms with Crippen LogP contribution in [0.3, 0.4) is 0 Å². The first kappa shape index (κ1) is 15.3. The first-order valence-electron chi connectivity index (χ1n) is 6.59. The minimum Gasteiger partial charge on any atom is -0.393 e. The molecule has 0 radical (unpaired) electrons. The maximum atomic E-state index is 13.4. The first-order valence-corrected chi connectivity index (χ1v) is 7.57. The van der Waals surface area contributed by atoms with Crippen LogP contribution in [0.5, 0.6) is 0 Å². The van der Waals surface area contributed by atoms with Crippen LogP contribution in [0.25, 0.3) is 0 Å². The normalized spacial score (nSPS) is 21.9. The lowest BCUT2D eigenvalue weighted by Crippen LogP contribution is -2.33. The van der Waals surface area contributed by atoms with E-state index in [2.05, 4.69) is 5.32 Å². The standard InChI is InChI=1S/C14H17F2NO2S/c15-10-4-5-13(11(16)6-10)20-8-14(19)17-7-9-2-1-3-12(9)18/h4-6,9,12,18H,1-3,7-8H2,(H,17,19). The van der Waals surface area contributed by atoms with E-state index in [1.807, 2.05) is 0 Å². The molecule has 1 saturated carbocycles. The van der Waals surface area contributed by atoms with Crippen molar-refractivity contribution in [2.24, 2.45) is 5.92 Å². The smallest absolute Gasteiger partial charge is 0.230 e. The zero-order valence-electron chi connectivity index (χ0n) is 10.9. The molecule has 110 valence electrons. The lowest BCUT2D eigenvalue weighted by Gasteiger charge is -2.14. The summed E-state index contributed by atoms with van der Waals surface area (Å²) in [5.41, 5.74) is 0. The Morgan fingerprint density at radius 2 is 2.20 bits per heavy atom. The zero-order chi connectivity index (χ0) is 14.5. The molecular weight excluding hydrogens is 284 g/mol. The molecule has 2 N–H and O–H groups in total. The van der Waals surface area contributed by atoms with E-state index >= 15 is 0 Å². The van der Waals surface area contributed by atoms with Gasteiger partial charge in [0.1, 0.15) is 11.6 Å². The Balaban J connectivity index is 1.74. The molecular formula is C14H17F2NO2S. The molecule has 0 aliphatic heterocycles. The van der Waals surface area contributed by atoms with Crippen LogP contribution in [-0.4, -0.2) is 29.4 Å². The summed E-state index contributed by atoms with van der Waals surface area (Å²) < 4.78 is 26.1. The lowest BCUT2D eigenvalue weighted by molar-refractivity contribution is -0.118. The average molecular weight is 301 g/mol. The number of carbonyl (C=O) groups excluding carboxylic acids is 1. The largest absolute Gasteiger partial charge is 0.393 e. The molecule has 20 heavy (non-hydrogen) atoms. The van der Waals surface area contributed by atoms with Crippen LogP contribution >= 0.6 is 11.8 Å². The highest BCUT2D eigenvalue weighted by Crippen LogP contribution is 2.25. The summed E-state index contributed by atoms with van der Waals surface area (Å²) in [6.07, 6.45) is 2.35. The van der Waals surface area contributed by atoms with Gasteiger partial charge in [-0.3, -0.25) is 4.79 Å². The molecule has 1 aliphatic carbocycles. The molecule has 6 heteroatoms. The molecule has 0 bridgehead atoms. The minimum atomic E-state index is -0.658. The number of rotatable bonds is 5. The van der Waals surface area contributed by atoms with E-state index in [4.69, 9.17) is 0 Å². The van der Waals surface area contributed by atoms with Crippen LogP contribution in [0.1, 0.15) is 19.3 Å². The Morgan fingerprint density at radius 1 is 1.40 bits per heavy atom. The van der Waals surface area contributed by atoms with Crippen LogP contribution < -0.4 is 5.32 Å². The molecule has 3 nitrogen and oxygen atoms in total. The van der Waals surface area contributed by atoms with Gasteiger partial charge < -0.3 is 10.4 Å². The highest BCUT2D eigenvalue weighted by atomic mass is 32.2. The van der Waals surface area contributed by atoms with Gasteiger partial charge in [0.05, 0.1) is 11.9 Å². The van der Waals surface area contributed by atoms with E-state index in [1.165, 1.54) is 6.07 Å². The summed E-state index contributed by atoms with van der Waals surface area (Å²) in [6, 6.07) is 3.29. The molecule has 1 aromatic rings. The van der Waals surface area contributed by atoms with Gasteiger partial charge in [0.15, 0.2) is 0 Å². The van der Waals surface area contributed by atoms with E-state index in [1.54, 1.807) is 0 Å². The van der Waals surface area contributed by atoms with Crippen molar-refractivity contribution in [3.8, 4) is 0 Å². The number of thioether (sulfide) groups is 1. The summed E-state index contributed by atoms with van der Waals surface area (Å²) in [5, 5.41) is 12.4. The van der Waals surface area contributed by atoms with Crippen LogP contribution in [-0.2, 0) is 4.79 Å². The number of hydrogen-bond donors (Lipinski definition) is 2. The number of benzene rings is 1. The summed E-state index contributed by atoms with van der Waals surface area (Å²) in [6.45, 7) is 0.451. The predicted molar refractivity (Wildman–Crippen MR) is 73.4 cm³/mol. The number of hydrogen-bond acceptors (Lipinski definition) is 3. The molecule has 1 amide bonds. The molecule has 0 spiro atoms. The van der Waals surface area contributed by atoms with E-state index in [0.29, 0.717) is 6.54 Å². The number of nitrogens with one attached hydrogen (secondary N) is 1. The molecule has 1 fully saturated rings. The van der Waals surface area contributed by atoms with Gasteiger partial charge in [0.25, 0.3) is 0 Å². The van der Waals surface area contributed by atoms with Gasteiger partial charge in [-0.25, -0.2) is 8.78 Å².